The Morgan fingerprint density at radius 1 is 0.295 bits per heavy atom. The standard InChI is InChI=1S/C73H118O5/c1-3-5-7-9-11-13-15-17-19-21-23-25-27-29-31-33-34-35-36-37-38-40-42-44-46-48-50-52-54-56-58-60-62-64-66-68-73(76)78-71(69-74)70-77-72(75)67-65-63-61-59-57-55-53-51-49-47-45-43-41-39-32-30-28-26-24-22-20-18-16-14-12-10-8-6-4-2/h5-8,11-14,17-20,23-26,29-32,34-35,37-38,42,44,71,74H,3-4,9-10,15-16,21-22,27-28,33,36,39-41,43,45-70H2,1-2H3/b7-5-,8-6-,13-11-,14-12-,19-17-,20-18-,25-23-,26-24-,31-29-,32-30-,35-34-,38-37-,44-42-. The molecule has 0 fully saturated rings. The predicted octanol–water partition coefficient (Wildman–Crippen LogP) is 22.3. The summed E-state index contributed by atoms with van der Waals surface area (Å²) in [6.07, 6.45) is 102. The van der Waals surface area contributed by atoms with Crippen molar-refractivity contribution in [3.63, 3.8) is 0 Å². The number of hydrogen-bond acceptors (Lipinski definition) is 5. The molecule has 0 heterocycles. The Kier molecular flexibility index (Phi) is 63.0. The molecule has 1 atom stereocenters. The second-order valence-electron chi connectivity index (χ2n) is 20.7. The lowest BCUT2D eigenvalue weighted by molar-refractivity contribution is -0.161. The monoisotopic (exact) mass is 1070 g/mol. The summed E-state index contributed by atoms with van der Waals surface area (Å²) in [4.78, 5) is 24.6. The molecule has 5 nitrogen and oxygen atoms in total. The van der Waals surface area contributed by atoms with Crippen LogP contribution in [0.4, 0.5) is 0 Å². The summed E-state index contributed by atoms with van der Waals surface area (Å²) >= 11 is 0. The fourth-order valence-electron chi connectivity index (χ4n) is 8.60. The first-order chi connectivity index (χ1) is 38.6. The van der Waals surface area contributed by atoms with Gasteiger partial charge < -0.3 is 14.6 Å². The van der Waals surface area contributed by atoms with E-state index in [0.717, 1.165) is 122 Å². The minimum Gasteiger partial charge on any atom is -0.462 e. The van der Waals surface area contributed by atoms with Gasteiger partial charge in [0.2, 0.25) is 0 Å². The van der Waals surface area contributed by atoms with Gasteiger partial charge in [0.05, 0.1) is 6.61 Å². The van der Waals surface area contributed by atoms with Crippen LogP contribution >= 0.6 is 0 Å². The van der Waals surface area contributed by atoms with Gasteiger partial charge in [-0.25, -0.2) is 0 Å². The van der Waals surface area contributed by atoms with Crippen molar-refractivity contribution >= 4 is 11.9 Å². The van der Waals surface area contributed by atoms with Crippen LogP contribution in [-0.2, 0) is 19.1 Å². The molecule has 0 aromatic carbocycles. The first-order valence-electron chi connectivity index (χ1n) is 32.0. The molecular weight excluding hydrogens is 957 g/mol. The van der Waals surface area contributed by atoms with Crippen molar-refractivity contribution in [2.24, 2.45) is 0 Å². The van der Waals surface area contributed by atoms with E-state index in [9.17, 15) is 14.7 Å². The van der Waals surface area contributed by atoms with E-state index in [1.54, 1.807) is 0 Å². The maximum atomic E-state index is 12.4. The SMILES string of the molecule is CC/C=C\C/C=C\C/C=C\C/C=C\C/C=C\C/C=C\C/C=C\C/C=C\CCCCCCCCCCCCC(=O)OC(CO)COC(=O)CCCCCCCCCCCCCCC/C=C\C/C=C\C/C=C\C/C=C\C/C=C\CC. The van der Waals surface area contributed by atoms with E-state index in [1.807, 2.05) is 0 Å². The predicted molar refractivity (Wildman–Crippen MR) is 343 cm³/mol. The minimum atomic E-state index is -0.787. The Labute approximate surface area is 481 Å². The zero-order valence-corrected chi connectivity index (χ0v) is 50.4. The maximum Gasteiger partial charge on any atom is 0.306 e. The summed E-state index contributed by atoms with van der Waals surface area (Å²) in [5, 5.41) is 9.69. The summed E-state index contributed by atoms with van der Waals surface area (Å²) in [6, 6.07) is 0. The number of allylic oxidation sites excluding steroid dienone is 26. The smallest absolute Gasteiger partial charge is 0.306 e. The van der Waals surface area contributed by atoms with Gasteiger partial charge in [0.25, 0.3) is 0 Å². The summed E-state index contributed by atoms with van der Waals surface area (Å²) in [5.74, 6) is -0.601. The van der Waals surface area contributed by atoms with E-state index in [0.29, 0.717) is 12.8 Å². The molecule has 0 rings (SSSR count). The van der Waals surface area contributed by atoms with E-state index in [2.05, 4.69) is 172 Å². The van der Waals surface area contributed by atoms with Crippen molar-refractivity contribution in [1.29, 1.82) is 0 Å². The lowest BCUT2D eigenvalue weighted by atomic mass is 10.0. The van der Waals surface area contributed by atoms with Gasteiger partial charge in [-0.1, -0.05) is 294 Å². The Morgan fingerprint density at radius 2 is 0.513 bits per heavy atom. The Hall–Kier alpha value is -4.48. The largest absolute Gasteiger partial charge is 0.462 e. The molecule has 0 aliphatic rings. The van der Waals surface area contributed by atoms with Gasteiger partial charge in [0.1, 0.15) is 6.61 Å². The molecule has 0 spiro atoms. The molecule has 0 aromatic heterocycles. The number of unbranched alkanes of at least 4 members (excludes halogenated alkanes) is 23. The molecule has 0 radical (unpaired) electrons. The topological polar surface area (TPSA) is 72.8 Å². The number of aliphatic hydroxyl groups excluding tert-OH is 1. The van der Waals surface area contributed by atoms with Crippen LogP contribution in [0, 0.1) is 0 Å². The van der Waals surface area contributed by atoms with Gasteiger partial charge in [0.15, 0.2) is 6.10 Å². The molecule has 440 valence electrons. The van der Waals surface area contributed by atoms with E-state index < -0.39 is 6.10 Å². The number of carbonyl (C=O) groups is 2. The Balaban J connectivity index is 3.55. The number of rotatable bonds is 57. The van der Waals surface area contributed by atoms with Crippen LogP contribution in [0.3, 0.4) is 0 Å². The van der Waals surface area contributed by atoms with Gasteiger partial charge in [-0.3, -0.25) is 9.59 Å². The van der Waals surface area contributed by atoms with Crippen molar-refractivity contribution < 1.29 is 24.2 Å². The second kappa shape index (κ2) is 66.8. The molecule has 0 aromatic rings. The molecule has 78 heavy (non-hydrogen) atoms. The number of esters is 2. The third kappa shape index (κ3) is 64.0. The summed E-state index contributed by atoms with van der Waals surface area (Å²) in [7, 11) is 0. The van der Waals surface area contributed by atoms with Crippen molar-refractivity contribution in [3.8, 4) is 0 Å². The van der Waals surface area contributed by atoms with Crippen molar-refractivity contribution in [2.75, 3.05) is 13.2 Å². The lowest BCUT2D eigenvalue weighted by Gasteiger charge is -2.15. The molecule has 0 bridgehead atoms. The summed E-state index contributed by atoms with van der Waals surface area (Å²) < 4.78 is 10.7. The zero-order valence-electron chi connectivity index (χ0n) is 50.4. The first kappa shape index (κ1) is 73.5. The fourth-order valence-corrected chi connectivity index (χ4v) is 8.60. The van der Waals surface area contributed by atoms with Crippen LogP contribution in [-0.4, -0.2) is 36.4 Å². The number of aliphatic hydroxyl groups is 1. The molecule has 0 saturated heterocycles. The van der Waals surface area contributed by atoms with Crippen LogP contribution in [0.25, 0.3) is 0 Å². The Bertz CT molecular complexity index is 1690. The van der Waals surface area contributed by atoms with Crippen molar-refractivity contribution in [3.05, 3.63) is 158 Å². The Morgan fingerprint density at radius 3 is 0.769 bits per heavy atom. The second-order valence-corrected chi connectivity index (χ2v) is 20.7. The molecule has 5 heteroatoms. The average Bonchev–Trinajstić information content (AvgIpc) is 3.44. The molecular formula is C73H118O5. The highest BCUT2D eigenvalue weighted by Crippen LogP contribution is 2.16. The van der Waals surface area contributed by atoms with Gasteiger partial charge >= 0.3 is 11.9 Å². The minimum absolute atomic E-state index is 0.0761. The van der Waals surface area contributed by atoms with E-state index >= 15 is 0 Å². The van der Waals surface area contributed by atoms with Gasteiger partial charge in [-0.05, 0) is 122 Å². The van der Waals surface area contributed by atoms with Crippen LogP contribution < -0.4 is 0 Å². The molecule has 1 N–H and O–H groups in total. The van der Waals surface area contributed by atoms with Gasteiger partial charge in [-0.15, -0.1) is 0 Å². The molecule has 0 aliphatic carbocycles. The molecule has 0 amide bonds. The highest BCUT2D eigenvalue weighted by Gasteiger charge is 2.16. The van der Waals surface area contributed by atoms with E-state index in [-0.39, 0.29) is 25.2 Å². The quantitative estimate of drug-likeness (QED) is 0.0373. The van der Waals surface area contributed by atoms with E-state index in [4.69, 9.17) is 9.47 Å². The summed E-state index contributed by atoms with van der Waals surface area (Å²) in [5.41, 5.74) is 0. The fraction of sp³-hybridized carbons (Fsp3) is 0.616. The normalized spacial score (nSPS) is 13.3. The van der Waals surface area contributed by atoms with Crippen LogP contribution in [0.2, 0.25) is 0 Å². The van der Waals surface area contributed by atoms with Crippen LogP contribution in [0.15, 0.2) is 158 Å². The number of carbonyl (C=O) groups excluding carboxylic acids is 2. The molecule has 0 saturated carbocycles. The first-order valence-corrected chi connectivity index (χ1v) is 32.0. The van der Waals surface area contributed by atoms with Crippen LogP contribution in [0.1, 0.15) is 271 Å². The third-order valence-electron chi connectivity index (χ3n) is 13.3. The van der Waals surface area contributed by atoms with Crippen molar-refractivity contribution in [2.45, 2.75) is 277 Å². The molecule has 0 aliphatic heterocycles. The average molecular weight is 1080 g/mol. The maximum absolute atomic E-state index is 12.4. The molecule has 1 unspecified atom stereocenters. The highest BCUT2D eigenvalue weighted by atomic mass is 16.6. The lowest BCUT2D eigenvalue weighted by Crippen LogP contribution is -2.28. The van der Waals surface area contributed by atoms with Gasteiger partial charge in [0, 0.05) is 12.8 Å². The zero-order chi connectivity index (χ0) is 56.2. The van der Waals surface area contributed by atoms with E-state index in [1.165, 1.54) is 122 Å². The van der Waals surface area contributed by atoms with Crippen molar-refractivity contribution in [1.82, 2.24) is 0 Å². The highest BCUT2D eigenvalue weighted by molar-refractivity contribution is 5.70. The third-order valence-corrected chi connectivity index (χ3v) is 13.3. The van der Waals surface area contributed by atoms with Crippen LogP contribution in [0.5, 0.6) is 0 Å². The number of ether oxygens (including phenoxy) is 2. The number of hydrogen-bond donors (Lipinski definition) is 1. The summed E-state index contributed by atoms with van der Waals surface area (Å²) in [6.45, 7) is 3.91. The van der Waals surface area contributed by atoms with Gasteiger partial charge in [-0.2, -0.15) is 0 Å².